The van der Waals surface area contributed by atoms with E-state index in [2.05, 4.69) is 10.0 Å². The number of benzene rings is 4. The maximum Gasteiger partial charge on any atom is 0.339 e. The number of fused-ring (bicyclic) bond motifs is 4. The van der Waals surface area contributed by atoms with Crippen LogP contribution in [0.2, 0.25) is 0 Å². The van der Waals surface area contributed by atoms with Crippen molar-refractivity contribution in [3.8, 4) is 34.1 Å². The molecule has 0 spiro atoms. The largest absolute Gasteiger partial charge is 0.493 e. The fourth-order valence-electron chi connectivity index (χ4n) is 7.42. The SMILES string of the molecule is COc1cc2c(-c3ccc4c(c3)OCO4)c3c(c([C@@H]4OC[C@@H]5OC(C)(C)O[C@@H]5[C@H]4OC(=O)c4ccccc4CN=[N+]=[N-])c2cc1OC)COC3=O. The number of methoxy groups -OCH3 is 2. The molecule has 0 amide bonds. The van der Waals surface area contributed by atoms with Gasteiger partial charge in [0.05, 0.1) is 38.5 Å². The second-order valence-corrected chi connectivity index (χ2v) is 12.8. The van der Waals surface area contributed by atoms with Crippen molar-refractivity contribution in [2.75, 3.05) is 27.6 Å². The highest BCUT2D eigenvalue weighted by molar-refractivity contribution is 6.13. The number of hydrogen-bond acceptors (Lipinski definition) is 12. The van der Waals surface area contributed by atoms with Crippen LogP contribution >= 0.6 is 0 Å². The zero-order valence-corrected chi connectivity index (χ0v) is 28.2. The van der Waals surface area contributed by atoms with Gasteiger partial charge in [0.2, 0.25) is 6.79 Å². The third kappa shape index (κ3) is 5.53. The summed E-state index contributed by atoms with van der Waals surface area (Å²) in [6.45, 7) is 3.66. The molecule has 51 heavy (non-hydrogen) atoms. The predicted molar refractivity (Wildman–Crippen MR) is 179 cm³/mol. The Labute approximate surface area is 291 Å². The van der Waals surface area contributed by atoms with Crippen molar-refractivity contribution in [3.05, 3.63) is 92.9 Å². The number of cyclic esters (lactones) is 1. The zero-order chi connectivity index (χ0) is 35.4. The summed E-state index contributed by atoms with van der Waals surface area (Å²) in [5.74, 6) is -0.189. The summed E-state index contributed by atoms with van der Waals surface area (Å²) in [6.07, 6.45) is -3.32. The third-order valence-corrected chi connectivity index (χ3v) is 9.53. The van der Waals surface area contributed by atoms with Crippen LogP contribution in [0.15, 0.2) is 59.7 Å². The number of carbonyl (C=O) groups excluding carboxylic acids is 2. The molecule has 0 bridgehead atoms. The molecule has 4 aromatic rings. The van der Waals surface area contributed by atoms with E-state index in [9.17, 15) is 9.59 Å². The highest BCUT2D eigenvalue weighted by atomic mass is 16.8. The Balaban J connectivity index is 1.34. The molecule has 0 aromatic heterocycles. The first kappa shape index (κ1) is 32.7. The number of ether oxygens (including phenoxy) is 9. The maximum absolute atomic E-state index is 14.0. The lowest BCUT2D eigenvalue weighted by Gasteiger charge is -2.39. The monoisotopic (exact) mass is 695 g/mol. The molecule has 2 fully saturated rings. The molecule has 0 unspecified atom stereocenters. The van der Waals surface area contributed by atoms with E-state index >= 15 is 0 Å². The summed E-state index contributed by atoms with van der Waals surface area (Å²) >= 11 is 0. The first-order valence-electron chi connectivity index (χ1n) is 16.3. The molecule has 4 heterocycles. The van der Waals surface area contributed by atoms with Crippen molar-refractivity contribution < 1.29 is 52.2 Å². The van der Waals surface area contributed by atoms with E-state index in [0.29, 0.717) is 67.2 Å². The zero-order valence-electron chi connectivity index (χ0n) is 28.2. The Morgan fingerprint density at radius 2 is 1.73 bits per heavy atom. The molecule has 0 aliphatic carbocycles. The molecule has 0 saturated carbocycles. The van der Waals surface area contributed by atoms with Gasteiger partial charge in [-0.3, -0.25) is 0 Å². The lowest BCUT2D eigenvalue weighted by atomic mass is 9.82. The summed E-state index contributed by atoms with van der Waals surface area (Å²) in [5.41, 5.74) is 12.4. The summed E-state index contributed by atoms with van der Waals surface area (Å²) in [6, 6.07) is 15.8. The minimum Gasteiger partial charge on any atom is -0.493 e. The summed E-state index contributed by atoms with van der Waals surface area (Å²) in [4.78, 5) is 30.6. The highest BCUT2D eigenvalue weighted by Crippen LogP contribution is 2.51. The molecule has 14 nitrogen and oxygen atoms in total. The molecule has 0 radical (unpaired) electrons. The van der Waals surface area contributed by atoms with E-state index in [1.54, 1.807) is 50.2 Å². The van der Waals surface area contributed by atoms with Crippen LogP contribution in [0.3, 0.4) is 0 Å². The van der Waals surface area contributed by atoms with Crippen molar-refractivity contribution in [1.82, 2.24) is 0 Å². The Morgan fingerprint density at radius 3 is 2.51 bits per heavy atom. The minimum atomic E-state index is -1.06. The predicted octanol–water partition coefficient (Wildman–Crippen LogP) is 6.55. The van der Waals surface area contributed by atoms with Gasteiger partial charge in [0.25, 0.3) is 0 Å². The van der Waals surface area contributed by atoms with Gasteiger partial charge >= 0.3 is 11.9 Å². The van der Waals surface area contributed by atoms with Gasteiger partial charge in [-0.05, 0) is 71.6 Å². The van der Waals surface area contributed by atoms with Crippen LogP contribution in [-0.4, -0.2) is 63.7 Å². The number of hydrogen-bond donors (Lipinski definition) is 0. The molecule has 8 rings (SSSR count). The molecular formula is C37H33N3O11. The number of nitrogens with zero attached hydrogens (tertiary/aromatic N) is 3. The fraction of sp³-hybridized carbons (Fsp3) is 0.351. The normalized spacial score (nSPS) is 22.5. The van der Waals surface area contributed by atoms with Crippen LogP contribution in [0.5, 0.6) is 23.0 Å². The van der Waals surface area contributed by atoms with Gasteiger partial charge in [-0.15, -0.1) is 0 Å². The number of azide groups is 1. The van der Waals surface area contributed by atoms with Gasteiger partial charge in [0.15, 0.2) is 34.9 Å². The lowest BCUT2D eigenvalue weighted by molar-refractivity contribution is -0.163. The van der Waals surface area contributed by atoms with Crippen molar-refractivity contribution >= 4 is 22.7 Å². The third-order valence-electron chi connectivity index (χ3n) is 9.53. The molecule has 4 aromatic carbocycles. The Kier molecular flexibility index (Phi) is 8.11. The van der Waals surface area contributed by atoms with Crippen molar-refractivity contribution in [3.63, 3.8) is 0 Å². The van der Waals surface area contributed by atoms with Crippen LogP contribution in [0, 0.1) is 0 Å². The number of rotatable bonds is 8. The van der Waals surface area contributed by atoms with Gasteiger partial charge in [-0.1, -0.05) is 29.4 Å². The van der Waals surface area contributed by atoms with Crippen LogP contribution in [0.25, 0.3) is 32.3 Å². The first-order valence-corrected chi connectivity index (χ1v) is 16.3. The van der Waals surface area contributed by atoms with Gasteiger partial charge in [0, 0.05) is 21.6 Å². The standard InChI is InChI=1S/C37H33N3O11/c1-37(2)50-28-16-45-33(34(32(28)51-37)49-35(41)20-8-6-5-7-19(20)14-39-40-38)30-22-13-26(44-4)25(43-3)12-21(22)29(31-23(30)15-46-36(31)42)18-9-10-24-27(11-18)48-17-47-24/h5-13,28,32-34H,14-17H2,1-4H3/t28-,32-,33-,34+/m0/s1. The Hall–Kier alpha value is -5.53. The average Bonchev–Trinajstić information content (AvgIpc) is 3.85. The summed E-state index contributed by atoms with van der Waals surface area (Å²) in [5, 5.41) is 4.94. The van der Waals surface area contributed by atoms with Gasteiger partial charge in [-0.2, -0.15) is 0 Å². The summed E-state index contributed by atoms with van der Waals surface area (Å²) < 4.78 is 54.0. The topological polar surface area (TPSA) is 166 Å². The van der Waals surface area contributed by atoms with E-state index in [1.165, 1.54) is 14.2 Å². The maximum atomic E-state index is 14.0. The van der Waals surface area contributed by atoms with E-state index in [0.717, 1.165) is 0 Å². The van der Waals surface area contributed by atoms with E-state index in [-0.39, 0.29) is 32.1 Å². The highest BCUT2D eigenvalue weighted by Gasteiger charge is 2.54. The summed E-state index contributed by atoms with van der Waals surface area (Å²) in [7, 11) is 3.07. The number of esters is 2. The smallest absolute Gasteiger partial charge is 0.339 e. The molecule has 4 aliphatic heterocycles. The Morgan fingerprint density at radius 1 is 0.961 bits per heavy atom. The second-order valence-electron chi connectivity index (χ2n) is 12.8. The second kappa shape index (κ2) is 12.7. The quantitative estimate of drug-likeness (QED) is 0.0849. The van der Waals surface area contributed by atoms with Gasteiger partial charge in [0.1, 0.15) is 24.9 Å². The molecule has 4 atom stereocenters. The molecule has 2 saturated heterocycles. The van der Waals surface area contributed by atoms with Crippen LogP contribution in [-0.2, 0) is 36.8 Å². The van der Waals surface area contributed by atoms with E-state index in [1.807, 2.05) is 18.2 Å². The van der Waals surface area contributed by atoms with Crippen molar-refractivity contribution in [2.24, 2.45) is 5.11 Å². The molecular weight excluding hydrogens is 662 g/mol. The first-order chi connectivity index (χ1) is 24.7. The van der Waals surface area contributed by atoms with Crippen LogP contribution < -0.4 is 18.9 Å². The lowest BCUT2D eigenvalue weighted by Crippen LogP contribution is -2.50. The molecule has 14 heteroatoms. The van der Waals surface area contributed by atoms with Gasteiger partial charge < -0.3 is 42.6 Å². The van der Waals surface area contributed by atoms with Crippen LogP contribution in [0.1, 0.15) is 57.4 Å². The van der Waals surface area contributed by atoms with Crippen LogP contribution in [0.4, 0.5) is 0 Å². The van der Waals surface area contributed by atoms with E-state index < -0.39 is 42.1 Å². The fourth-order valence-corrected chi connectivity index (χ4v) is 7.42. The van der Waals surface area contributed by atoms with Crippen molar-refractivity contribution in [2.45, 2.75) is 57.2 Å². The average molecular weight is 696 g/mol. The number of carbonyl (C=O) groups is 2. The van der Waals surface area contributed by atoms with Gasteiger partial charge in [-0.25, -0.2) is 9.59 Å². The molecule has 4 aliphatic rings. The minimum absolute atomic E-state index is 0.0500. The van der Waals surface area contributed by atoms with E-state index in [4.69, 9.17) is 48.2 Å². The molecule has 0 N–H and O–H groups in total. The van der Waals surface area contributed by atoms with Crippen molar-refractivity contribution in [1.29, 1.82) is 0 Å². The molecule has 262 valence electrons. The Bertz CT molecular complexity index is 2140.